The summed E-state index contributed by atoms with van der Waals surface area (Å²) in [7, 11) is 2.83. The lowest BCUT2D eigenvalue weighted by molar-refractivity contribution is -0.129. The van der Waals surface area contributed by atoms with Crippen LogP contribution in [0.3, 0.4) is 0 Å². The summed E-state index contributed by atoms with van der Waals surface area (Å²) in [6, 6.07) is 12.8. The molecule has 27 heavy (non-hydrogen) atoms. The highest BCUT2D eigenvalue weighted by Crippen LogP contribution is 2.28. The average Bonchev–Trinajstić information content (AvgIpc) is 2.71. The summed E-state index contributed by atoms with van der Waals surface area (Å²) in [5.74, 6) is -1.15. The lowest BCUT2D eigenvalue weighted by atomic mass is 10.1. The summed E-state index contributed by atoms with van der Waals surface area (Å²) >= 11 is 1.50. The van der Waals surface area contributed by atoms with Crippen molar-refractivity contribution in [3.63, 3.8) is 0 Å². The van der Waals surface area contributed by atoms with Crippen molar-refractivity contribution in [2.75, 3.05) is 20.4 Å². The monoisotopic (exact) mass is 388 g/mol. The Kier molecular flexibility index (Phi) is 7.25. The van der Waals surface area contributed by atoms with Crippen LogP contribution < -0.4 is 15.4 Å². The molecule has 1 atom stereocenters. The molecule has 7 nitrogen and oxygen atoms in total. The van der Waals surface area contributed by atoms with Gasteiger partial charge in [-0.15, -0.1) is 11.8 Å². The molecule has 0 aliphatic carbocycles. The number of ether oxygens (including phenoxy) is 2. The number of methoxy groups -OCH3 is 1. The minimum absolute atomic E-state index is 0.184. The summed E-state index contributed by atoms with van der Waals surface area (Å²) in [5, 5.41) is 4.42. The molecule has 0 aliphatic rings. The molecule has 8 heteroatoms. The summed E-state index contributed by atoms with van der Waals surface area (Å²) in [6.45, 7) is 0. The number of benzene rings is 2. The van der Waals surface area contributed by atoms with Gasteiger partial charge in [0.25, 0.3) is 5.91 Å². The molecule has 0 heterocycles. The predicted octanol–water partition coefficient (Wildman–Crippen LogP) is 2.77. The van der Waals surface area contributed by atoms with Crippen molar-refractivity contribution in [1.82, 2.24) is 10.6 Å². The van der Waals surface area contributed by atoms with Gasteiger partial charge in [0.1, 0.15) is 11.3 Å². The van der Waals surface area contributed by atoms with Crippen molar-refractivity contribution in [3.05, 3.63) is 59.7 Å². The van der Waals surface area contributed by atoms with Crippen molar-refractivity contribution < 1.29 is 23.9 Å². The van der Waals surface area contributed by atoms with E-state index in [-0.39, 0.29) is 5.56 Å². The number of carbonyl (C=O) groups is 3. The van der Waals surface area contributed by atoms with Crippen molar-refractivity contribution in [3.8, 4) is 5.75 Å². The fourth-order valence-corrected chi connectivity index (χ4v) is 2.71. The molecule has 0 aliphatic heterocycles. The van der Waals surface area contributed by atoms with Crippen molar-refractivity contribution in [2.45, 2.75) is 11.0 Å². The number of rotatable bonds is 6. The molecule has 0 spiro atoms. The van der Waals surface area contributed by atoms with Crippen LogP contribution in [0.5, 0.6) is 5.75 Å². The van der Waals surface area contributed by atoms with Gasteiger partial charge < -0.3 is 14.8 Å². The zero-order valence-electron chi connectivity index (χ0n) is 15.1. The normalized spacial score (nSPS) is 11.2. The van der Waals surface area contributed by atoms with Gasteiger partial charge in [-0.25, -0.2) is 9.59 Å². The molecule has 3 amide bonds. The first kappa shape index (κ1) is 20.3. The van der Waals surface area contributed by atoms with Gasteiger partial charge in [-0.05, 0) is 24.5 Å². The SMILES string of the molecule is CNC(=O)NC(=O)[C@H](OC(=O)c1ccc(SC)cc1OC)c1ccccc1. The number of esters is 1. The van der Waals surface area contributed by atoms with E-state index in [1.165, 1.54) is 25.9 Å². The Morgan fingerprint density at radius 3 is 2.37 bits per heavy atom. The topological polar surface area (TPSA) is 93.7 Å². The highest BCUT2D eigenvalue weighted by Gasteiger charge is 2.28. The first-order valence-electron chi connectivity index (χ1n) is 8.00. The zero-order valence-corrected chi connectivity index (χ0v) is 16.0. The van der Waals surface area contributed by atoms with Crippen molar-refractivity contribution in [2.24, 2.45) is 0 Å². The minimum atomic E-state index is -1.29. The van der Waals surface area contributed by atoms with Crippen LogP contribution in [-0.2, 0) is 9.53 Å². The number of imide groups is 1. The van der Waals surface area contributed by atoms with E-state index in [4.69, 9.17) is 9.47 Å². The first-order valence-corrected chi connectivity index (χ1v) is 9.23. The smallest absolute Gasteiger partial charge is 0.343 e. The fourth-order valence-electron chi connectivity index (χ4n) is 2.28. The Hall–Kier alpha value is -3.00. The van der Waals surface area contributed by atoms with Gasteiger partial charge in [0, 0.05) is 17.5 Å². The second-order valence-corrected chi connectivity index (χ2v) is 6.21. The summed E-state index contributed by atoms with van der Waals surface area (Å²) in [5.41, 5.74) is 0.621. The number of urea groups is 1. The van der Waals surface area contributed by atoms with Crippen molar-refractivity contribution in [1.29, 1.82) is 0 Å². The summed E-state index contributed by atoms with van der Waals surface area (Å²) < 4.78 is 10.7. The molecule has 2 rings (SSSR count). The van der Waals surface area contributed by atoms with E-state index in [2.05, 4.69) is 10.6 Å². The maximum atomic E-state index is 12.7. The second-order valence-electron chi connectivity index (χ2n) is 5.33. The van der Waals surface area contributed by atoms with Gasteiger partial charge in [0.15, 0.2) is 0 Å². The number of thioether (sulfide) groups is 1. The molecule has 2 N–H and O–H groups in total. The van der Waals surface area contributed by atoms with Crippen molar-refractivity contribution >= 4 is 29.7 Å². The third-order valence-corrected chi connectivity index (χ3v) is 4.38. The highest BCUT2D eigenvalue weighted by molar-refractivity contribution is 7.98. The van der Waals surface area contributed by atoms with E-state index >= 15 is 0 Å². The second kappa shape index (κ2) is 9.63. The maximum absolute atomic E-state index is 12.7. The number of amides is 3. The maximum Gasteiger partial charge on any atom is 0.343 e. The van der Waals surface area contributed by atoms with Gasteiger partial charge in [0.2, 0.25) is 6.10 Å². The van der Waals surface area contributed by atoms with Crippen LogP contribution in [0.1, 0.15) is 22.0 Å². The first-order chi connectivity index (χ1) is 13.0. The quantitative estimate of drug-likeness (QED) is 0.584. The Morgan fingerprint density at radius 1 is 1.07 bits per heavy atom. The van der Waals surface area contributed by atoms with E-state index in [0.717, 1.165) is 4.90 Å². The molecule has 2 aromatic carbocycles. The minimum Gasteiger partial charge on any atom is -0.496 e. The molecule has 0 bridgehead atoms. The average molecular weight is 388 g/mol. The van der Waals surface area contributed by atoms with E-state index < -0.39 is 24.0 Å². The Morgan fingerprint density at radius 2 is 1.78 bits per heavy atom. The van der Waals surface area contributed by atoms with Gasteiger partial charge >= 0.3 is 12.0 Å². The van der Waals surface area contributed by atoms with Crippen LogP contribution in [0.25, 0.3) is 0 Å². The molecular formula is C19H20N2O5S. The molecular weight excluding hydrogens is 368 g/mol. The zero-order chi connectivity index (χ0) is 19.8. The van der Waals surface area contributed by atoms with E-state index in [0.29, 0.717) is 11.3 Å². The molecule has 0 radical (unpaired) electrons. The van der Waals surface area contributed by atoms with E-state index in [9.17, 15) is 14.4 Å². The van der Waals surface area contributed by atoms with Gasteiger partial charge in [-0.1, -0.05) is 30.3 Å². The standard InChI is InChI=1S/C19H20N2O5S/c1-20-19(24)21-17(22)16(12-7-5-4-6-8-12)26-18(23)14-10-9-13(27-3)11-15(14)25-2/h4-11,16H,1-3H3,(H2,20,21,22,24)/t16-/m1/s1. The number of hydrogen-bond acceptors (Lipinski definition) is 6. The lowest BCUT2D eigenvalue weighted by Gasteiger charge is -2.18. The third-order valence-electron chi connectivity index (χ3n) is 3.66. The third kappa shape index (κ3) is 5.24. The van der Waals surface area contributed by atoms with Crippen LogP contribution >= 0.6 is 11.8 Å². The predicted molar refractivity (Wildman–Crippen MR) is 102 cm³/mol. The van der Waals surface area contributed by atoms with E-state index in [1.807, 2.05) is 6.26 Å². The molecule has 0 saturated heterocycles. The number of nitrogens with one attached hydrogen (secondary N) is 2. The molecule has 2 aromatic rings. The molecule has 0 unspecified atom stereocenters. The van der Waals surface area contributed by atoms with Crippen LogP contribution in [0.15, 0.2) is 53.4 Å². The van der Waals surface area contributed by atoms with E-state index in [1.54, 1.807) is 48.5 Å². The van der Waals surface area contributed by atoms with Crippen LogP contribution in [-0.4, -0.2) is 38.3 Å². The van der Waals surface area contributed by atoms with Gasteiger partial charge in [-0.2, -0.15) is 0 Å². The Bertz CT molecular complexity index is 826. The number of carbonyl (C=O) groups excluding carboxylic acids is 3. The van der Waals surface area contributed by atoms with Crippen LogP contribution in [0, 0.1) is 0 Å². The largest absolute Gasteiger partial charge is 0.496 e. The van der Waals surface area contributed by atoms with Gasteiger partial charge in [-0.3, -0.25) is 10.1 Å². The van der Waals surface area contributed by atoms with Crippen LogP contribution in [0.2, 0.25) is 0 Å². The molecule has 142 valence electrons. The molecule has 0 fully saturated rings. The summed E-state index contributed by atoms with van der Waals surface area (Å²) in [6.07, 6.45) is 0.613. The van der Waals surface area contributed by atoms with Gasteiger partial charge in [0.05, 0.1) is 7.11 Å². The number of hydrogen-bond donors (Lipinski definition) is 2. The fraction of sp³-hybridized carbons (Fsp3) is 0.211. The molecule has 0 saturated carbocycles. The Labute approximate surface area is 161 Å². The molecule has 0 aromatic heterocycles. The Balaban J connectivity index is 2.31. The lowest BCUT2D eigenvalue weighted by Crippen LogP contribution is -2.41. The summed E-state index contributed by atoms with van der Waals surface area (Å²) in [4.78, 5) is 37.5. The van der Waals surface area contributed by atoms with Crippen LogP contribution in [0.4, 0.5) is 4.79 Å². The highest BCUT2D eigenvalue weighted by atomic mass is 32.2.